The minimum absolute atomic E-state index is 0.00658. The Balaban J connectivity index is 1.12. The van der Waals surface area contributed by atoms with Crippen LogP contribution in [-0.4, -0.2) is 222 Å². The van der Waals surface area contributed by atoms with Crippen LogP contribution in [0.4, 0.5) is 4.79 Å². The van der Waals surface area contributed by atoms with E-state index in [-0.39, 0.29) is 121 Å². The number of nitrogens with two attached hydrogens (primary N) is 2. The molecule has 13 amide bonds. The number of nitrogens with zero attached hydrogens (tertiary/aromatic N) is 2. The smallest absolute Gasteiger partial charge is 0.408 e. The van der Waals surface area contributed by atoms with Gasteiger partial charge < -0.3 is 106 Å². The lowest BCUT2D eigenvalue weighted by atomic mass is 10.0. The molecular formula is C68H99N19O18. The predicted molar refractivity (Wildman–Crippen MR) is 377 cm³/mol. The number of hydrogen-bond acceptors (Lipinski definition) is 22. The van der Waals surface area contributed by atoms with Crippen molar-refractivity contribution in [2.45, 2.75) is 208 Å². The maximum absolute atomic E-state index is 14.4. The topological polar surface area (TPSA) is 563 Å². The third-order valence-electron chi connectivity index (χ3n) is 17.2. The van der Waals surface area contributed by atoms with Crippen molar-refractivity contribution in [2.24, 2.45) is 21.5 Å². The minimum atomic E-state index is -1.69. The van der Waals surface area contributed by atoms with E-state index in [1.165, 1.54) is 0 Å². The van der Waals surface area contributed by atoms with Crippen LogP contribution in [0.3, 0.4) is 0 Å². The van der Waals surface area contributed by atoms with E-state index in [1.807, 2.05) is 0 Å². The summed E-state index contributed by atoms with van der Waals surface area (Å²) in [5, 5.41) is 58.9. The molecule has 2 saturated heterocycles. The van der Waals surface area contributed by atoms with Gasteiger partial charge in [0.1, 0.15) is 60.0 Å². The average molecular weight is 1470 g/mol. The summed E-state index contributed by atoms with van der Waals surface area (Å²) in [4.78, 5) is 212. The number of unbranched alkanes of at least 4 members (excludes halogenated alkanes) is 2. The van der Waals surface area contributed by atoms with E-state index in [4.69, 9.17) is 16.2 Å². The van der Waals surface area contributed by atoms with E-state index in [1.54, 1.807) is 81.4 Å². The van der Waals surface area contributed by atoms with Gasteiger partial charge in [0.25, 0.3) is 0 Å². The number of carbonyl (C=O) groups excluding carboxylic acids is 13. The van der Waals surface area contributed by atoms with Crippen LogP contribution in [0.15, 0.2) is 70.6 Å². The molecule has 37 nitrogen and oxygen atoms in total. The van der Waals surface area contributed by atoms with Crippen LogP contribution in [0.2, 0.25) is 0 Å². The fraction of sp³-hybridized carbons (Fsp3) is 0.574. The van der Waals surface area contributed by atoms with Crippen LogP contribution in [-0.2, 0) is 84.7 Å². The maximum atomic E-state index is 14.4. The monoisotopic (exact) mass is 1470 g/mol. The molecule has 3 unspecified atom stereocenters. The first-order valence-corrected chi connectivity index (χ1v) is 35.1. The van der Waals surface area contributed by atoms with Gasteiger partial charge >= 0.3 is 18.0 Å². The lowest BCUT2D eigenvalue weighted by molar-refractivity contribution is -0.141. The zero-order chi connectivity index (χ0) is 76.6. The van der Waals surface area contributed by atoms with Crippen molar-refractivity contribution in [1.29, 1.82) is 0 Å². The van der Waals surface area contributed by atoms with Gasteiger partial charge in [0.05, 0.1) is 25.9 Å². The van der Waals surface area contributed by atoms with E-state index >= 15 is 0 Å². The first-order valence-electron chi connectivity index (χ1n) is 35.1. The van der Waals surface area contributed by atoms with Crippen molar-refractivity contribution < 1.29 is 86.9 Å². The Hall–Kier alpha value is -11.2. The van der Waals surface area contributed by atoms with Crippen molar-refractivity contribution >= 4 is 101 Å². The number of rotatable bonds is 29. The highest BCUT2D eigenvalue weighted by atomic mass is 16.6. The molecule has 2 aromatic carbocycles. The Kier molecular flexibility index (Phi) is 33.0. The molecule has 574 valence electrons. The molecule has 2 fully saturated rings. The largest absolute Gasteiger partial charge is 0.481 e. The third kappa shape index (κ3) is 30.4. The second kappa shape index (κ2) is 41.8. The first kappa shape index (κ1) is 82.8. The van der Waals surface area contributed by atoms with E-state index < -0.39 is 175 Å². The number of hydrogen-bond donors (Lipinski definition) is 19. The highest BCUT2D eigenvalue weighted by Crippen LogP contribution is 2.16. The molecule has 2 aromatic rings. The van der Waals surface area contributed by atoms with Gasteiger partial charge in [-0.3, -0.25) is 77.1 Å². The molecule has 0 saturated carbocycles. The Labute approximate surface area is 606 Å². The second-order valence-electron chi connectivity index (χ2n) is 26.9. The molecule has 0 spiro atoms. The summed E-state index contributed by atoms with van der Waals surface area (Å²) in [7, 11) is 0. The number of carboxylic acid groups (broad SMARTS) is 2. The first-order chi connectivity index (χ1) is 50.0. The van der Waals surface area contributed by atoms with Crippen molar-refractivity contribution in [3.05, 3.63) is 71.8 Å². The number of carbonyl (C=O) groups is 15. The van der Waals surface area contributed by atoms with Gasteiger partial charge in [-0.25, -0.2) is 4.79 Å². The predicted octanol–water partition coefficient (Wildman–Crippen LogP) is -4.28. The van der Waals surface area contributed by atoms with Gasteiger partial charge in [0, 0.05) is 57.5 Å². The Bertz CT molecular complexity index is 3470. The highest BCUT2D eigenvalue weighted by Gasteiger charge is 2.37. The normalized spacial score (nSPS) is 23.6. The van der Waals surface area contributed by atoms with Gasteiger partial charge in [-0.15, -0.1) is 0 Å². The summed E-state index contributed by atoms with van der Waals surface area (Å²) >= 11 is 0. The molecular weight excluding hydrogens is 1370 g/mol. The summed E-state index contributed by atoms with van der Waals surface area (Å²) in [6, 6.07) is 3.51. The standard InChI is InChI=1S/C68H99N19O18/c1-68(2,3)105-67(104)87-46(56(95)72-29-13-11-19-43-60(99)84-45(23-21-41-27-31-74-66(70)78-41)58(97)76-37-53(90)80-50(35-55(93)94)64(103)86-48(62(101)82-43)33-39-16-8-5-9-17-39)24-25-51(88)71-28-12-10-18-42-59(98)83-44(22-20-40-26-30-73-65(69)77-40)57(96)75-36-52(89)79-49(34-54(91)92)63(102)85-47(61(100)81-42)32-38-14-6-4-7-15-38/h4-9,14-17,40-50H,10-13,18-37H2,1-3H3,(H,71,88)(H,72,95)(H,75,96)(H,76,97)(H,79,89)(H,80,90)(H,81,100)(H,82,101)(H,83,98)(H,84,99)(H,85,102)(H,86,103)(H,87,104)(H,91,92)(H,93,94)(H3,69,73,77)(H3,70,74,78)/t40?,41?,42-,43?,44-,45-,46-,47+,48+,49-,50-/m0/s1. The number of benzene rings is 2. The molecule has 4 aliphatic heterocycles. The molecule has 37 heteroatoms. The number of carboxylic acids is 2. The maximum Gasteiger partial charge on any atom is 0.408 e. The zero-order valence-electron chi connectivity index (χ0n) is 59.1. The molecule has 0 aromatic heterocycles. The number of guanidine groups is 2. The number of ether oxygens (including phenoxy) is 1. The molecule has 0 aliphatic carbocycles. The SMILES string of the molecule is CC(C)(C)OC(=O)N[C@@H](CCC(=O)NCCCC[C@@H]1NC(=O)[C@@H](Cc2ccccc2)NC(=O)[C@H](CC(=O)O)NC(=O)CNC(=O)[C@H](CCC2CCN=C(N)N2)NC1=O)C(=O)NCCCCC1NC(=O)[C@@H](Cc2ccccc2)NC(=O)[C@H](CC(=O)O)NC(=O)CNC(=O)[C@H](CCC2CCN=C(N)N2)NC1=O. The average Bonchev–Trinajstić information content (AvgIpc) is 1.83. The van der Waals surface area contributed by atoms with Crippen LogP contribution in [0.25, 0.3) is 0 Å². The Morgan fingerprint density at radius 3 is 1.27 bits per heavy atom. The second-order valence-corrected chi connectivity index (χ2v) is 26.9. The summed E-state index contributed by atoms with van der Waals surface area (Å²) in [6.45, 7) is 4.12. The van der Waals surface area contributed by atoms with Crippen LogP contribution in [0.5, 0.6) is 0 Å². The highest BCUT2D eigenvalue weighted by molar-refractivity contribution is 6.00. The van der Waals surface area contributed by atoms with Crippen molar-refractivity contribution in [2.75, 3.05) is 39.3 Å². The Morgan fingerprint density at radius 2 is 0.867 bits per heavy atom. The van der Waals surface area contributed by atoms with Crippen LogP contribution in [0.1, 0.15) is 135 Å². The van der Waals surface area contributed by atoms with Gasteiger partial charge in [-0.2, -0.15) is 0 Å². The quantitative estimate of drug-likeness (QED) is 0.0343. The lowest BCUT2D eigenvalue weighted by Gasteiger charge is -2.27. The number of amides is 13. The fourth-order valence-electron chi connectivity index (χ4n) is 11.8. The van der Waals surface area contributed by atoms with Crippen molar-refractivity contribution in [1.82, 2.24) is 79.8 Å². The molecule has 21 N–H and O–H groups in total. The molecule has 0 bridgehead atoms. The van der Waals surface area contributed by atoms with E-state index in [0.29, 0.717) is 43.5 Å². The number of aliphatic imine (C=N–C) groups is 2. The summed E-state index contributed by atoms with van der Waals surface area (Å²) < 4.78 is 5.44. The van der Waals surface area contributed by atoms with Crippen LogP contribution < -0.4 is 91.2 Å². The molecule has 0 radical (unpaired) electrons. The zero-order valence-corrected chi connectivity index (χ0v) is 59.1. The lowest BCUT2D eigenvalue weighted by Crippen LogP contribution is -2.58. The summed E-state index contributed by atoms with van der Waals surface area (Å²) in [6.07, 6.45) is -1.48. The molecule has 11 atom stereocenters. The van der Waals surface area contributed by atoms with Gasteiger partial charge in [-0.05, 0) is 115 Å². The third-order valence-corrected chi connectivity index (χ3v) is 17.2. The van der Waals surface area contributed by atoms with Crippen molar-refractivity contribution in [3.8, 4) is 0 Å². The number of nitrogens with one attached hydrogen (secondary N) is 15. The number of alkyl carbamates (subject to hydrolysis) is 1. The van der Waals surface area contributed by atoms with E-state index in [0.717, 1.165) is 0 Å². The van der Waals surface area contributed by atoms with Gasteiger partial charge in [0.15, 0.2) is 11.9 Å². The fourth-order valence-corrected chi connectivity index (χ4v) is 11.8. The number of aliphatic carboxylic acids is 2. The Morgan fingerprint density at radius 1 is 0.486 bits per heavy atom. The van der Waals surface area contributed by atoms with Crippen LogP contribution in [0, 0.1) is 0 Å². The van der Waals surface area contributed by atoms with Crippen molar-refractivity contribution in [3.63, 3.8) is 0 Å². The van der Waals surface area contributed by atoms with Gasteiger partial charge in [0.2, 0.25) is 70.9 Å². The molecule has 4 aliphatic rings. The summed E-state index contributed by atoms with van der Waals surface area (Å²) in [5.41, 5.74) is 12.0. The van der Waals surface area contributed by atoms with Gasteiger partial charge in [-0.1, -0.05) is 60.7 Å². The van der Waals surface area contributed by atoms with E-state index in [9.17, 15) is 82.1 Å². The molecule has 4 heterocycles. The van der Waals surface area contributed by atoms with Crippen LogP contribution >= 0.6 is 0 Å². The molecule has 105 heavy (non-hydrogen) atoms. The summed E-state index contributed by atoms with van der Waals surface area (Å²) in [5.74, 6) is -12.7. The minimum Gasteiger partial charge on any atom is -0.481 e. The molecule has 6 rings (SSSR count). The van der Waals surface area contributed by atoms with E-state index in [2.05, 4.69) is 89.7 Å².